The first kappa shape index (κ1) is 16.7. The molecule has 0 aromatic rings. The summed E-state index contributed by atoms with van der Waals surface area (Å²) < 4.78 is 0. The average molecular weight is 318 g/mol. The van der Waals surface area contributed by atoms with E-state index in [-0.39, 0.29) is 22.9 Å². The van der Waals surface area contributed by atoms with Crippen molar-refractivity contribution in [2.45, 2.75) is 58.0 Å². The summed E-state index contributed by atoms with van der Waals surface area (Å²) in [5.74, 6) is 0.0843. The Morgan fingerprint density at radius 1 is 1.30 bits per heavy atom. The van der Waals surface area contributed by atoms with Crippen LogP contribution in [0.2, 0.25) is 0 Å². The first-order valence-electron chi connectivity index (χ1n) is 8.87. The second-order valence-electron chi connectivity index (χ2n) is 8.67. The van der Waals surface area contributed by atoms with E-state index in [4.69, 9.17) is 0 Å². The molecule has 2 bridgehead atoms. The lowest BCUT2D eigenvalue weighted by atomic mass is 9.60. The number of nitriles is 1. The molecule has 5 nitrogen and oxygen atoms in total. The van der Waals surface area contributed by atoms with Crippen LogP contribution in [0.25, 0.3) is 0 Å². The van der Waals surface area contributed by atoms with Gasteiger partial charge in [-0.2, -0.15) is 5.26 Å². The molecule has 0 spiro atoms. The van der Waals surface area contributed by atoms with Crippen LogP contribution in [0.5, 0.6) is 0 Å². The quantitative estimate of drug-likeness (QED) is 0.859. The Morgan fingerprint density at radius 2 is 2.04 bits per heavy atom. The van der Waals surface area contributed by atoms with Crippen molar-refractivity contribution < 1.29 is 4.79 Å². The van der Waals surface area contributed by atoms with Gasteiger partial charge in [0, 0.05) is 25.2 Å². The van der Waals surface area contributed by atoms with Crippen molar-refractivity contribution in [3.63, 3.8) is 0 Å². The van der Waals surface area contributed by atoms with E-state index in [0.717, 1.165) is 38.9 Å². The zero-order valence-corrected chi connectivity index (χ0v) is 15.0. The van der Waals surface area contributed by atoms with Gasteiger partial charge in [-0.25, -0.2) is 0 Å². The zero-order valence-electron chi connectivity index (χ0n) is 15.0. The van der Waals surface area contributed by atoms with E-state index >= 15 is 0 Å². The van der Waals surface area contributed by atoms with Gasteiger partial charge in [-0.05, 0) is 43.6 Å². The molecule has 1 saturated carbocycles. The number of fused-ring (bicyclic) bond motifs is 2. The number of rotatable bonds is 3. The van der Waals surface area contributed by atoms with Crippen LogP contribution < -0.4 is 5.32 Å². The second-order valence-corrected chi connectivity index (χ2v) is 8.67. The summed E-state index contributed by atoms with van der Waals surface area (Å²) in [4.78, 5) is 16.8. The molecule has 0 radical (unpaired) electrons. The van der Waals surface area contributed by atoms with Gasteiger partial charge in [-0.1, -0.05) is 20.8 Å². The molecule has 1 aliphatic carbocycles. The normalized spacial score (nSPS) is 39.4. The van der Waals surface area contributed by atoms with Crippen LogP contribution in [-0.2, 0) is 4.79 Å². The van der Waals surface area contributed by atoms with Crippen LogP contribution in [0.15, 0.2) is 0 Å². The van der Waals surface area contributed by atoms with Crippen LogP contribution in [0, 0.1) is 22.2 Å². The molecule has 0 aromatic heterocycles. The molecule has 128 valence electrons. The summed E-state index contributed by atoms with van der Waals surface area (Å²) >= 11 is 0. The third kappa shape index (κ3) is 2.38. The van der Waals surface area contributed by atoms with E-state index in [9.17, 15) is 10.1 Å². The van der Waals surface area contributed by atoms with Crippen LogP contribution in [0.4, 0.5) is 0 Å². The van der Waals surface area contributed by atoms with Crippen molar-refractivity contribution in [3.05, 3.63) is 0 Å². The maximum atomic E-state index is 12.6. The molecule has 2 saturated heterocycles. The van der Waals surface area contributed by atoms with Gasteiger partial charge in [0.1, 0.15) is 6.04 Å². The fourth-order valence-corrected chi connectivity index (χ4v) is 5.27. The SMILES string of the molecule is CN1C[C@]2(C)CC[C@](NCC(=O)N3CCCC3C#N)(C1)C2(C)C. The lowest BCUT2D eigenvalue weighted by Crippen LogP contribution is -2.67. The predicted octanol–water partition coefficient (Wildman–Crippen LogP) is 1.60. The number of amides is 1. The molecule has 1 amide bonds. The second kappa shape index (κ2) is 5.46. The van der Waals surface area contributed by atoms with E-state index in [2.05, 4.69) is 44.1 Å². The van der Waals surface area contributed by atoms with E-state index in [1.165, 1.54) is 6.42 Å². The summed E-state index contributed by atoms with van der Waals surface area (Å²) in [6, 6.07) is 2.04. The number of carbonyl (C=O) groups is 1. The van der Waals surface area contributed by atoms with Crippen molar-refractivity contribution in [1.82, 2.24) is 15.1 Å². The number of likely N-dealkylation sites (N-methyl/N-ethyl adjacent to an activating group) is 1. The molecule has 3 aliphatic rings. The minimum Gasteiger partial charge on any atom is -0.326 e. The first-order valence-corrected chi connectivity index (χ1v) is 8.87. The number of nitrogens with zero attached hydrogens (tertiary/aromatic N) is 3. The van der Waals surface area contributed by atoms with E-state index in [1.54, 1.807) is 4.90 Å². The Hall–Kier alpha value is -1.12. The van der Waals surface area contributed by atoms with Crippen molar-refractivity contribution in [2.75, 3.05) is 33.2 Å². The molecule has 1 N–H and O–H groups in total. The van der Waals surface area contributed by atoms with Crippen LogP contribution in [0.1, 0.15) is 46.5 Å². The van der Waals surface area contributed by atoms with Crippen LogP contribution >= 0.6 is 0 Å². The number of nitrogens with one attached hydrogen (secondary N) is 1. The third-order valence-corrected chi connectivity index (χ3v) is 7.27. The van der Waals surface area contributed by atoms with Gasteiger partial charge < -0.3 is 15.1 Å². The van der Waals surface area contributed by atoms with Gasteiger partial charge in [0.25, 0.3) is 0 Å². The molecule has 23 heavy (non-hydrogen) atoms. The lowest BCUT2D eigenvalue weighted by Gasteiger charge is -2.56. The minimum atomic E-state index is -0.224. The summed E-state index contributed by atoms with van der Waals surface area (Å²) in [5, 5.41) is 12.8. The van der Waals surface area contributed by atoms with Crippen molar-refractivity contribution in [1.29, 1.82) is 5.26 Å². The Kier molecular flexibility index (Phi) is 3.97. The third-order valence-electron chi connectivity index (χ3n) is 7.27. The largest absolute Gasteiger partial charge is 0.326 e. The molecule has 3 fully saturated rings. The number of likely N-dealkylation sites (tertiary alicyclic amines) is 2. The molecule has 0 aromatic carbocycles. The molecular weight excluding hydrogens is 288 g/mol. The zero-order chi connectivity index (χ0) is 16.9. The van der Waals surface area contributed by atoms with Gasteiger partial charge >= 0.3 is 0 Å². The maximum Gasteiger partial charge on any atom is 0.237 e. The minimum absolute atomic E-state index is 0.00766. The Balaban J connectivity index is 1.72. The fraction of sp³-hybridized carbons (Fsp3) is 0.889. The van der Waals surface area contributed by atoms with Gasteiger partial charge in [0.05, 0.1) is 12.6 Å². The Bertz CT molecular complexity index is 540. The van der Waals surface area contributed by atoms with Crippen LogP contribution in [0.3, 0.4) is 0 Å². The summed E-state index contributed by atoms with van der Waals surface area (Å²) in [7, 11) is 2.18. The van der Waals surface area contributed by atoms with Gasteiger partial charge in [-0.3, -0.25) is 4.79 Å². The lowest BCUT2D eigenvalue weighted by molar-refractivity contribution is -0.131. The molecule has 3 rings (SSSR count). The fourth-order valence-electron chi connectivity index (χ4n) is 5.27. The monoisotopic (exact) mass is 318 g/mol. The van der Waals surface area contributed by atoms with E-state index in [0.29, 0.717) is 12.0 Å². The summed E-state index contributed by atoms with van der Waals surface area (Å²) in [6.45, 7) is 10.3. The molecule has 1 unspecified atom stereocenters. The highest BCUT2D eigenvalue weighted by Crippen LogP contribution is 2.60. The highest BCUT2D eigenvalue weighted by Gasteiger charge is 2.63. The highest BCUT2D eigenvalue weighted by atomic mass is 16.2. The van der Waals surface area contributed by atoms with Crippen LogP contribution in [-0.4, -0.2) is 60.5 Å². The maximum absolute atomic E-state index is 12.6. The standard InChI is InChI=1S/C18H30N4O/c1-16(2)17(3)7-8-18(16,13-21(4)12-17)20-11-15(23)22-9-5-6-14(22)10-19/h14,20H,5-9,11-13H2,1-4H3/t14?,17-,18-/m0/s1. The van der Waals surface area contributed by atoms with Gasteiger partial charge in [-0.15, -0.1) is 0 Å². The Labute approximate surface area is 140 Å². The van der Waals surface area contributed by atoms with E-state index in [1.807, 2.05) is 0 Å². The summed E-state index contributed by atoms with van der Waals surface area (Å²) in [6.07, 6.45) is 4.09. The van der Waals surface area contributed by atoms with Gasteiger partial charge in [0.2, 0.25) is 5.91 Å². The number of carbonyl (C=O) groups excluding carboxylic acids is 1. The molecule has 2 aliphatic heterocycles. The molecular formula is C18H30N4O. The number of piperidine rings is 1. The molecule has 5 heteroatoms. The topological polar surface area (TPSA) is 59.4 Å². The average Bonchev–Trinajstić information content (AvgIpc) is 2.98. The molecule has 2 heterocycles. The highest BCUT2D eigenvalue weighted by molar-refractivity contribution is 5.79. The predicted molar refractivity (Wildman–Crippen MR) is 89.7 cm³/mol. The van der Waals surface area contributed by atoms with Crippen molar-refractivity contribution in [2.24, 2.45) is 10.8 Å². The Morgan fingerprint density at radius 3 is 2.74 bits per heavy atom. The number of hydrogen-bond acceptors (Lipinski definition) is 4. The van der Waals surface area contributed by atoms with Crippen molar-refractivity contribution in [3.8, 4) is 6.07 Å². The molecule has 3 atom stereocenters. The smallest absolute Gasteiger partial charge is 0.237 e. The van der Waals surface area contributed by atoms with Gasteiger partial charge in [0.15, 0.2) is 0 Å². The summed E-state index contributed by atoms with van der Waals surface area (Å²) in [5.41, 5.74) is 0.442. The van der Waals surface area contributed by atoms with Crippen molar-refractivity contribution >= 4 is 5.91 Å². The first-order chi connectivity index (χ1) is 10.7. The van der Waals surface area contributed by atoms with E-state index < -0.39 is 0 Å². The number of hydrogen-bond donors (Lipinski definition) is 1.